The molecule has 2 aliphatic rings. The molecule has 2 aromatic rings. The summed E-state index contributed by atoms with van der Waals surface area (Å²) < 4.78 is 28.1. The van der Waals surface area contributed by atoms with Gasteiger partial charge in [-0.2, -0.15) is 4.72 Å². The number of carbonyl (C=O) groups is 3. The standard InChI is InChI=1S/C24H29ClN4O5S3/c1-16-8-12-35-22(16)23(31)26-14-17-4-2-11-29(17)21(30)15-28-10-3-5-19(24(28)32)27-37(33,34)13-9-18-6-7-20(25)36-18/h6-9,12-13,17,19,27H,2-5,10-11,14-15H2,1H3,(H,26,31)/b13-9+/t17-,19+/m1/s1. The van der Waals surface area contributed by atoms with Gasteiger partial charge >= 0.3 is 0 Å². The lowest BCUT2D eigenvalue weighted by Gasteiger charge is -2.34. The minimum atomic E-state index is -3.87. The number of aryl methyl sites for hydroxylation is 1. The van der Waals surface area contributed by atoms with Gasteiger partial charge in [-0.1, -0.05) is 11.6 Å². The smallest absolute Gasteiger partial charge is 0.261 e. The molecule has 0 unspecified atom stereocenters. The van der Waals surface area contributed by atoms with E-state index in [1.54, 1.807) is 17.0 Å². The summed E-state index contributed by atoms with van der Waals surface area (Å²) in [5, 5.41) is 5.82. The molecular weight excluding hydrogens is 556 g/mol. The quantitative estimate of drug-likeness (QED) is 0.470. The SMILES string of the molecule is Cc1ccsc1C(=O)NC[C@H]1CCCN1C(=O)CN1CCC[C@H](NS(=O)(=O)/C=C/c2ccc(Cl)s2)C1=O. The van der Waals surface area contributed by atoms with E-state index >= 15 is 0 Å². The first-order valence-electron chi connectivity index (χ1n) is 12.0. The number of thiophene rings is 2. The Morgan fingerprint density at radius 3 is 2.68 bits per heavy atom. The summed E-state index contributed by atoms with van der Waals surface area (Å²) in [6.07, 6.45) is 3.97. The minimum absolute atomic E-state index is 0.116. The molecule has 200 valence electrons. The monoisotopic (exact) mass is 584 g/mol. The van der Waals surface area contributed by atoms with Crippen molar-refractivity contribution in [2.24, 2.45) is 0 Å². The lowest BCUT2D eigenvalue weighted by molar-refractivity contribution is -0.143. The van der Waals surface area contributed by atoms with Gasteiger partial charge < -0.3 is 15.1 Å². The molecule has 2 fully saturated rings. The molecule has 2 atom stereocenters. The number of amides is 3. The first-order chi connectivity index (χ1) is 17.6. The van der Waals surface area contributed by atoms with Crippen LogP contribution in [0, 0.1) is 6.92 Å². The van der Waals surface area contributed by atoms with Crippen LogP contribution in [0.5, 0.6) is 0 Å². The van der Waals surface area contributed by atoms with E-state index in [1.807, 2.05) is 18.4 Å². The fraction of sp³-hybridized carbons (Fsp3) is 0.458. The minimum Gasteiger partial charge on any atom is -0.349 e. The maximum atomic E-state index is 13.1. The lowest BCUT2D eigenvalue weighted by Crippen LogP contribution is -2.55. The van der Waals surface area contributed by atoms with Crippen molar-refractivity contribution in [3.63, 3.8) is 0 Å². The molecule has 2 saturated heterocycles. The molecular formula is C24H29ClN4O5S3. The Hall–Kier alpha value is -2.25. The van der Waals surface area contributed by atoms with Gasteiger partial charge in [-0.3, -0.25) is 14.4 Å². The molecule has 4 heterocycles. The van der Waals surface area contributed by atoms with Crippen molar-refractivity contribution in [2.45, 2.75) is 44.7 Å². The highest BCUT2D eigenvalue weighted by molar-refractivity contribution is 7.92. The van der Waals surface area contributed by atoms with E-state index < -0.39 is 22.0 Å². The van der Waals surface area contributed by atoms with Crippen LogP contribution in [0.3, 0.4) is 0 Å². The number of hydrogen-bond donors (Lipinski definition) is 2. The molecule has 9 nitrogen and oxygen atoms in total. The van der Waals surface area contributed by atoms with E-state index in [1.165, 1.54) is 33.6 Å². The predicted molar refractivity (Wildman–Crippen MR) is 146 cm³/mol. The highest BCUT2D eigenvalue weighted by atomic mass is 35.5. The Morgan fingerprint density at radius 1 is 1.19 bits per heavy atom. The van der Waals surface area contributed by atoms with Crippen LogP contribution < -0.4 is 10.0 Å². The Kier molecular flexibility index (Phi) is 9.07. The Balaban J connectivity index is 1.31. The molecule has 37 heavy (non-hydrogen) atoms. The third-order valence-corrected chi connectivity index (χ3v) is 9.75. The fourth-order valence-electron chi connectivity index (χ4n) is 4.55. The number of rotatable bonds is 9. The number of likely N-dealkylation sites (tertiary alicyclic amines) is 2. The Labute approximate surface area is 229 Å². The van der Waals surface area contributed by atoms with E-state index in [2.05, 4.69) is 10.0 Å². The van der Waals surface area contributed by atoms with Crippen molar-refractivity contribution < 1.29 is 22.8 Å². The molecule has 0 radical (unpaired) electrons. The van der Waals surface area contributed by atoms with Gasteiger partial charge in [0.2, 0.25) is 21.8 Å². The van der Waals surface area contributed by atoms with E-state index in [0.29, 0.717) is 46.6 Å². The number of halogens is 1. The Morgan fingerprint density at radius 2 is 1.97 bits per heavy atom. The topological polar surface area (TPSA) is 116 Å². The molecule has 0 aromatic carbocycles. The molecule has 0 spiro atoms. The highest BCUT2D eigenvalue weighted by Crippen LogP contribution is 2.23. The van der Waals surface area contributed by atoms with E-state index in [0.717, 1.165) is 23.8 Å². The maximum absolute atomic E-state index is 13.1. The van der Waals surface area contributed by atoms with E-state index in [-0.39, 0.29) is 24.4 Å². The molecule has 0 aliphatic carbocycles. The van der Waals surface area contributed by atoms with Crippen LogP contribution in [0.4, 0.5) is 0 Å². The summed E-state index contributed by atoms with van der Waals surface area (Å²) in [6, 6.07) is 4.21. The highest BCUT2D eigenvalue weighted by Gasteiger charge is 2.35. The third-order valence-electron chi connectivity index (χ3n) is 6.43. The van der Waals surface area contributed by atoms with Crippen molar-refractivity contribution in [2.75, 3.05) is 26.2 Å². The summed E-state index contributed by atoms with van der Waals surface area (Å²) in [6.45, 7) is 3.07. The Bertz CT molecular complexity index is 1290. The van der Waals surface area contributed by atoms with Gasteiger partial charge in [0.05, 0.1) is 15.8 Å². The second-order valence-electron chi connectivity index (χ2n) is 9.09. The van der Waals surface area contributed by atoms with Crippen LogP contribution in [0.2, 0.25) is 4.34 Å². The van der Waals surface area contributed by atoms with E-state index in [4.69, 9.17) is 11.6 Å². The predicted octanol–water partition coefficient (Wildman–Crippen LogP) is 3.07. The average Bonchev–Trinajstić information content (AvgIpc) is 3.60. The van der Waals surface area contributed by atoms with Gasteiger partial charge in [0, 0.05) is 36.0 Å². The molecule has 2 aliphatic heterocycles. The van der Waals surface area contributed by atoms with E-state index in [9.17, 15) is 22.8 Å². The van der Waals surface area contributed by atoms with Crippen LogP contribution in [-0.2, 0) is 19.6 Å². The number of carbonyl (C=O) groups excluding carboxylic acids is 3. The van der Waals surface area contributed by atoms with Gasteiger partial charge in [-0.05, 0) is 67.8 Å². The first-order valence-corrected chi connectivity index (χ1v) is 15.6. The molecule has 3 amide bonds. The second-order valence-corrected chi connectivity index (χ2v) is 13.3. The average molecular weight is 585 g/mol. The van der Waals surface area contributed by atoms with Crippen LogP contribution in [0.1, 0.15) is 45.8 Å². The van der Waals surface area contributed by atoms with Gasteiger partial charge in [-0.25, -0.2) is 8.42 Å². The fourth-order valence-corrected chi connectivity index (χ4v) is 7.46. The van der Waals surface area contributed by atoms with Crippen molar-refractivity contribution in [3.8, 4) is 0 Å². The largest absolute Gasteiger partial charge is 0.349 e. The summed E-state index contributed by atoms with van der Waals surface area (Å²) in [7, 11) is -3.87. The number of sulfonamides is 1. The van der Waals surface area contributed by atoms with Crippen molar-refractivity contribution >= 4 is 68.1 Å². The zero-order chi connectivity index (χ0) is 26.6. The number of nitrogens with zero attached hydrogens (tertiary/aromatic N) is 2. The van der Waals surface area contributed by atoms with Crippen molar-refractivity contribution in [3.05, 3.63) is 48.6 Å². The molecule has 2 N–H and O–H groups in total. The molecule has 0 saturated carbocycles. The maximum Gasteiger partial charge on any atom is 0.261 e. The van der Waals surface area contributed by atoms with Gasteiger partial charge in [0.15, 0.2) is 0 Å². The number of nitrogens with one attached hydrogen (secondary N) is 2. The van der Waals surface area contributed by atoms with Crippen molar-refractivity contribution in [1.29, 1.82) is 0 Å². The second kappa shape index (κ2) is 12.1. The zero-order valence-corrected chi connectivity index (χ0v) is 23.5. The summed E-state index contributed by atoms with van der Waals surface area (Å²) >= 11 is 8.51. The van der Waals surface area contributed by atoms with Crippen LogP contribution in [0.15, 0.2) is 29.0 Å². The first kappa shape index (κ1) is 27.8. The number of piperidine rings is 1. The molecule has 13 heteroatoms. The molecule has 4 rings (SSSR count). The number of hydrogen-bond acceptors (Lipinski definition) is 7. The van der Waals surface area contributed by atoms with Crippen molar-refractivity contribution in [1.82, 2.24) is 19.8 Å². The third kappa shape index (κ3) is 7.20. The van der Waals surface area contributed by atoms with Gasteiger partial charge in [0.1, 0.15) is 6.04 Å². The summed E-state index contributed by atoms with van der Waals surface area (Å²) in [5.74, 6) is -0.757. The zero-order valence-electron chi connectivity index (χ0n) is 20.3. The normalized spacial score (nSPS) is 20.6. The van der Waals surface area contributed by atoms with Crippen LogP contribution >= 0.6 is 34.3 Å². The van der Waals surface area contributed by atoms with Crippen LogP contribution in [0.25, 0.3) is 6.08 Å². The van der Waals surface area contributed by atoms with Gasteiger partial charge in [0.25, 0.3) is 5.91 Å². The summed E-state index contributed by atoms with van der Waals surface area (Å²) in [5.41, 5.74) is 0.919. The van der Waals surface area contributed by atoms with Gasteiger partial charge in [-0.15, -0.1) is 22.7 Å². The lowest BCUT2D eigenvalue weighted by atomic mass is 10.1. The van der Waals surface area contributed by atoms with Crippen LogP contribution in [-0.4, -0.2) is 74.2 Å². The molecule has 0 bridgehead atoms. The molecule has 2 aromatic heterocycles. The summed E-state index contributed by atoms with van der Waals surface area (Å²) in [4.78, 5) is 43.1.